The molecular formula is C26H33N3O13P2S2. The van der Waals surface area contributed by atoms with Gasteiger partial charge in [-0.05, 0) is 37.1 Å². The molecule has 2 aromatic heterocycles. The summed E-state index contributed by atoms with van der Waals surface area (Å²) in [5, 5.41) is 10.8. The molecule has 0 aliphatic carbocycles. The SMILES string of the molecule is CC[C@@H](CCO)Oc1cc(Oc2ccc(S(C)(=O)=O)nc2)cc(C(=O)N=c2scc(CP3(=O)OCCCO3)n2COP(=O)(O)O)c1. The maximum absolute atomic E-state index is 13.5. The second-order valence-corrected chi connectivity index (χ2v) is 16.0. The number of aliphatic hydroxyl groups excluding tert-OH is 1. The van der Waals surface area contributed by atoms with Crippen LogP contribution in [-0.4, -0.2) is 70.9 Å². The fourth-order valence-electron chi connectivity index (χ4n) is 4.08. The molecule has 1 aromatic carbocycles. The highest BCUT2D eigenvalue weighted by Gasteiger charge is 2.30. The number of pyridine rings is 1. The molecule has 46 heavy (non-hydrogen) atoms. The van der Waals surface area contributed by atoms with E-state index in [1.54, 1.807) is 0 Å². The summed E-state index contributed by atoms with van der Waals surface area (Å²) in [6.45, 7) is 1.45. The molecule has 1 aliphatic heterocycles. The summed E-state index contributed by atoms with van der Waals surface area (Å²) < 4.78 is 76.4. The van der Waals surface area contributed by atoms with Gasteiger partial charge in [-0.1, -0.05) is 6.92 Å². The normalized spacial score (nSPS) is 16.2. The Labute approximate surface area is 268 Å². The van der Waals surface area contributed by atoms with Crippen molar-refractivity contribution in [2.45, 2.75) is 50.2 Å². The Morgan fingerprint density at radius 3 is 2.52 bits per heavy atom. The van der Waals surface area contributed by atoms with Crippen LogP contribution < -0.4 is 14.3 Å². The fraction of sp³-hybridized carbons (Fsp3) is 0.423. The molecule has 3 N–H and O–H groups in total. The van der Waals surface area contributed by atoms with Gasteiger partial charge in [0.1, 0.15) is 30.1 Å². The first kappa shape index (κ1) is 36.1. The molecule has 1 saturated heterocycles. The van der Waals surface area contributed by atoms with E-state index in [1.165, 1.54) is 46.5 Å². The van der Waals surface area contributed by atoms with E-state index in [1.807, 2.05) is 6.92 Å². The van der Waals surface area contributed by atoms with E-state index < -0.39 is 44.0 Å². The molecular weight excluding hydrogens is 688 g/mol. The van der Waals surface area contributed by atoms with Gasteiger partial charge in [0.2, 0.25) is 0 Å². The summed E-state index contributed by atoms with van der Waals surface area (Å²) in [6.07, 6.45) is 3.00. The standard InChI is InChI=1S/C26H33N3O13P2S2/c1-3-20(7-8-30)41-22-11-18(12-23(13-22)42-21-5-6-24(27-14-21)46(2,36)37)25(31)28-26-29(17-40-44(33,34)35)19(16-45-26)15-43(32)38-9-4-10-39-43/h5-6,11-14,16,20,30H,3-4,7-10,15,17H2,1-2H3,(H2,33,34,35)/t20-/m0/s1. The van der Waals surface area contributed by atoms with E-state index in [-0.39, 0.29) is 64.3 Å². The van der Waals surface area contributed by atoms with Crippen LogP contribution in [0.5, 0.6) is 17.2 Å². The number of rotatable bonds is 14. The summed E-state index contributed by atoms with van der Waals surface area (Å²) in [7, 11) is -12.1. The summed E-state index contributed by atoms with van der Waals surface area (Å²) in [6, 6.07) is 6.94. The molecule has 0 radical (unpaired) electrons. The third-order valence-corrected chi connectivity index (χ3v) is 10.5. The highest BCUT2D eigenvalue weighted by atomic mass is 32.2. The summed E-state index contributed by atoms with van der Waals surface area (Å²) >= 11 is 0.935. The first-order chi connectivity index (χ1) is 21.7. The van der Waals surface area contributed by atoms with Crippen LogP contribution in [-0.2, 0) is 45.4 Å². The Balaban J connectivity index is 1.71. The van der Waals surface area contributed by atoms with Crippen molar-refractivity contribution in [1.82, 2.24) is 9.55 Å². The monoisotopic (exact) mass is 721 g/mol. The van der Waals surface area contributed by atoms with Gasteiger partial charge in [-0.2, -0.15) is 4.99 Å². The van der Waals surface area contributed by atoms with Crippen molar-refractivity contribution in [1.29, 1.82) is 0 Å². The molecule has 252 valence electrons. The van der Waals surface area contributed by atoms with Crippen LogP contribution in [0.1, 0.15) is 42.2 Å². The van der Waals surface area contributed by atoms with E-state index in [0.717, 1.165) is 17.6 Å². The molecule has 3 aromatic rings. The number of aliphatic hydroxyl groups is 1. The molecule has 0 bridgehead atoms. The summed E-state index contributed by atoms with van der Waals surface area (Å²) in [4.78, 5) is 40.1. The number of phosphoric acid groups is 1. The molecule has 0 unspecified atom stereocenters. The lowest BCUT2D eigenvalue weighted by atomic mass is 10.1. The number of benzene rings is 1. The van der Waals surface area contributed by atoms with Gasteiger partial charge in [0.05, 0.1) is 25.6 Å². The van der Waals surface area contributed by atoms with Crippen LogP contribution in [0.15, 0.2) is 51.9 Å². The second-order valence-electron chi connectivity index (χ2n) is 9.95. The third kappa shape index (κ3) is 10.4. The van der Waals surface area contributed by atoms with Gasteiger partial charge in [-0.3, -0.25) is 18.5 Å². The molecule has 0 saturated carbocycles. The zero-order chi connectivity index (χ0) is 33.5. The number of aromatic nitrogens is 2. The van der Waals surface area contributed by atoms with Crippen LogP contribution in [0.4, 0.5) is 0 Å². The van der Waals surface area contributed by atoms with Crippen molar-refractivity contribution >= 4 is 42.5 Å². The van der Waals surface area contributed by atoms with Gasteiger partial charge < -0.3 is 33.4 Å². The van der Waals surface area contributed by atoms with Crippen LogP contribution in [0.25, 0.3) is 0 Å². The molecule has 1 fully saturated rings. The Morgan fingerprint density at radius 1 is 1.20 bits per heavy atom. The minimum Gasteiger partial charge on any atom is -0.490 e. The molecule has 3 heterocycles. The van der Waals surface area contributed by atoms with E-state index in [2.05, 4.69) is 14.5 Å². The van der Waals surface area contributed by atoms with Crippen molar-refractivity contribution in [2.75, 3.05) is 26.1 Å². The molecule has 20 heteroatoms. The Hall–Kier alpha value is -2.76. The largest absolute Gasteiger partial charge is 0.490 e. The van der Waals surface area contributed by atoms with Crippen LogP contribution in [0, 0.1) is 0 Å². The predicted octanol–water partition coefficient (Wildman–Crippen LogP) is 3.62. The average Bonchev–Trinajstić information content (AvgIpc) is 3.35. The Morgan fingerprint density at radius 2 is 1.91 bits per heavy atom. The van der Waals surface area contributed by atoms with Crippen molar-refractivity contribution in [3.63, 3.8) is 0 Å². The minimum absolute atomic E-state index is 0.00350. The average molecular weight is 722 g/mol. The highest BCUT2D eigenvalue weighted by Crippen LogP contribution is 2.53. The number of carbonyl (C=O) groups excluding carboxylic acids is 1. The lowest BCUT2D eigenvalue weighted by molar-refractivity contribution is 0.0994. The van der Waals surface area contributed by atoms with E-state index in [9.17, 15) is 37.2 Å². The second kappa shape index (κ2) is 15.4. The van der Waals surface area contributed by atoms with E-state index in [0.29, 0.717) is 19.3 Å². The Bertz CT molecular complexity index is 1790. The predicted molar refractivity (Wildman–Crippen MR) is 163 cm³/mol. The van der Waals surface area contributed by atoms with Gasteiger partial charge in [-0.25, -0.2) is 18.0 Å². The minimum atomic E-state index is -4.94. The number of carbonyl (C=O) groups is 1. The Kier molecular flexibility index (Phi) is 12.1. The molecule has 1 atom stereocenters. The maximum Gasteiger partial charge on any atom is 0.471 e. The van der Waals surface area contributed by atoms with E-state index >= 15 is 0 Å². The fourth-order valence-corrected chi connectivity index (χ4v) is 7.65. The number of hydrogen-bond acceptors (Lipinski definition) is 13. The van der Waals surface area contributed by atoms with Crippen molar-refractivity contribution in [3.05, 3.63) is 58.0 Å². The van der Waals surface area contributed by atoms with Gasteiger partial charge in [0.25, 0.3) is 5.91 Å². The van der Waals surface area contributed by atoms with Gasteiger partial charge >= 0.3 is 15.4 Å². The van der Waals surface area contributed by atoms with Crippen molar-refractivity contribution < 1.29 is 60.3 Å². The van der Waals surface area contributed by atoms with Crippen LogP contribution in [0.2, 0.25) is 0 Å². The van der Waals surface area contributed by atoms with Gasteiger partial charge in [0.15, 0.2) is 19.7 Å². The number of phosphoric ester groups is 1. The molecule has 1 amide bonds. The molecule has 16 nitrogen and oxygen atoms in total. The van der Waals surface area contributed by atoms with Gasteiger partial charge in [0, 0.05) is 42.0 Å². The van der Waals surface area contributed by atoms with E-state index in [4.69, 9.17) is 18.5 Å². The quantitative estimate of drug-likeness (QED) is 0.202. The number of nitrogens with zero attached hydrogens (tertiary/aromatic N) is 3. The zero-order valence-corrected chi connectivity index (χ0v) is 28.2. The number of thiazole rings is 1. The zero-order valence-electron chi connectivity index (χ0n) is 24.8. The number of amides is 1. The smallest absolute Gasteiger partial charge is 0.471 e. The molecule has 1 aliphatic rings. The first-order valence-electron chi connectivity index (χ1n) is 13.8. The summed E-state index contributed by atoms with van der Waals surface area (Å²) in [5.74, 6) is -0.296. The molecule has 4 rings (SSSR count). The van der Waals surface area contributed by atoms with Gasteiger partial charge in [-0.15, -0.1) is 11.3 Å². The first-order valence-corrected chi connectivity index (χ1v) is 19.8. The summed E-state index contributed by atoms with van der Waals surface area (Å²) in [5.41, 5.74) is 0.243. The maximum atomic E-state index is 13.5. The number of sulfone groups is 1. The van der Waals surface area contributed by atoms with Crippen LogP contribution >= 0.6 is 26.8 Å². The highest BCUT2D eigenvalue weighted by molar-refractivity contribution is 7.90. The number of hydrogen-bond donors (Lipinski definition) is 3. The molecule has 0 spiro atoms. The lowest BCUT2D eigenvalue weighted by Crippen LogP contribution is -2.21. The van der Waals surface area contributed by atoms with Crippen molar-refractivity contribution in [2.24, 2.45) is 4.99 Å². The van der Waals surface area contributed by atoms with Crippen molar-refractivity contribution in [3.8, 4) is 17.2 Å². The third-order valence-electron chi connectivity index (χ3n) is 6.31. The van der Waals surface area contributed by atoms with Crippen LogP contribution in [0.3, 0.4) is 0 Å². The number of ether oxygens (including phenoxy) is 2. The topological polar surface area (TPSA) is 222 Å². The lowest BCUT2D eigenvalue weighted by Gasteiger charge is -2.23.